The minimum Gasteiger partial charge on any atom is -0.497 e. The fourth-order valence-corrected chi connectivity index (χ4v) is 5.06. The lowest BCUT2D eigenvalue weighted by atomic mass is 10.1. The normalized spacial score (nSPS) is 15.2. The molecular formula is C21H26N2O4S. The first-order valence-electron chi connectivity index (χ1n) is 9.44. The third-order valence-electron chi connectivity index (χ3n) is 5.00. The lowest BCUT2D eigenvalue weighted by Crippen LogP contribution is -2.36. The number of carbonyl (C=O) groups is 1. The highest BCUT2D eigenvalue weighted by Gasteiger charge is 2.28. The van der Waals surface area contributed by atoms with Crippen molar-refractivity contribution in [3.8, 4) is 5.75 Å². The predicted octanol–water partition coefficient (Wildman–Crippen LogP) is 3.11. The van der Waals surface area contributed by atoms with Crippen molar-refractivity contribution in [2.75, 3.05) is 20.2 Å². The Kier molecular flexibility index (Phi) is 6.36. The molecule has 2 aromatic rings. The lowest BCUT2D eigenvalue weighted by molar-refractivity contribution is 0.0950. The van der Waals surface area contributed by atoms with Gasteiger partial charge in [-0.1, -0.05) is 24.6 Å². The van der Waals surface area contributed by atoms with Gasteiger partial charge in [0.1, 0.15) is 5.75 Å². The Labute approximate surface area is 166 Å². The molecule has 7 heteroatoms. The van der Waals surface area contributed by atoms with E-state index in [1.54, 1.807) is 26.2 Å². The number of nitrogens with one attached hydrogen (secondary N) is 1. The number of carbonyl (C=O) groups excluding carboxylic acids is 1. The van der Waals surface area contributed by atoms with Crippen molar-refractivity contribution >= 4 is 15.9 Å². The molecule has 6 nitrogen and oxygen atoms in total. The van der Waals surface area contributed by atoms with Crippen molar-refractivity contribution in [2.24, 2.45) is 0 Å². The molecule has 0 aliphatic carbocycles. The van der Waals surface area contributed by atoms with E-state index >= 15 is 0 Å². The van der Waals surface area contributed by atoms with E-state index in [2.05, 4.69) is 5.32 Å². The molecule has 0 atom stereocenters. The molecule has 2 aromatic carbocycles. The zero-order chi connectivity index (χ0) is 20.1. The highest BCUT2D eigenvalue weighted by Crippen LogP contribution is 2.24. The fourth-order valence-electron chi connectivity index (χ4n) is 3.29. The second kappa shape index (κ2) is 8.75. The molecule has 0 aromatic heterocycles. The maximum atomic E-state index is 13.0. The summed E-state index contributed by atoms with van der Waals surface area (Å²) >= 11 is 0. The van der Waals surface area contributed by atoms with E-state index in [9.17, 15) is 13.2 Å². The third kappa shape index (κ3) is 4.54. The maximum Gasteiger partial charge on any atom is 0.251 e. The van der Waals surface area contributed by atoms with Gasteiger partial charge < -0.3 is 10.1 Å². The highest BCUT2D eigenvalue weighted by molar-refractivity contribution is 7.89. The first kappa shape index (κ1) is 20.4. The number of amides is 1. The summed E-state index contributed by atoms with van der Waals surface area (Å²) in [7, 11) is -1.98. The van der Waals surface area contributed by atoms with Gasteiger partial charge >= 0.3 is 0 Å². The first-order chi connectivity index (χ1) is 13.4. The van der Waals surface area contributed by atoms with E-state index < -0.39 is 10.0 Å². The first-order valence-corrected chi connectivity index (χ1v) is 10.9. The summed E-state index contributed by atoms with van der Waals surface area (Å²) in [4.78, 5) is 12.8. The summed E-state index contributed by atoms with van der Waals surface area (Å²) in [5, 5.41) is 2.84. The third-order valence-corrected chi connectivity index (χ3v) is 7.04. The van der Waals surface area contributed by atoms with Gasteiger partial charge in [0.15, 0.2) is 0 Å². The van der Waals surface area contributed by atoms with Gasteiger partial charge in [0.05, 0.1) is 12.0 Å². The van der Waals surface area contributed by atoms with Crippen LogP contribution in [0, 0.1) is 6.92 Å². The molecule has 1 N–H and O–H groups in total. The predicted molar refractivity (Wildman–Crippen MR) is 108 cm³/mol. The van der Waals surface area contributed by atoms with Crippen molar-refractivity contribution in [3.63, 3.8) is 0 Å². The standard InChI is InChI=1S/C21H26N2O4S/c1-16-6-9-18(14-20(16)28(25,26)23-12-4-3-5-13-23)21(24)22-15-17-7-10-19(27-2)11-8-17/h6-11,14H,3-5,12-13,15H2,1-2H3,(H,22,24). The van der Waals surface area contributed by atoms with Gasteiger partial charge in [-0.3, -0.25) is 4.79 Å². The SMILES string of the molecule is COc1ccc(CNC(=O)c2ccc(C)c(S(=O)(=O)N3CCCCC3)c2)cc1. The number of piperidine rings is 1. The molecule has 0 bridgehead atoms. The van der Waals surface area contributed by atoms with Crippen molar-refractivity contribution in [3.05, 3.63) is 59.2 Å². The van der Waals surface area contributed by atoms with E-state index in [-0.39, 0.29) is 10.8 Å². The van der Waals surface area contributed by atoms with Gasteiger partial charge in [0.2, 0.25) is 10.0 Å². The molecule has 150 valence electrons. The molecule has 0 unspecified atom stereocenters. The van der Waals surface area contributed by atoms with Crippen LogP contribution in [0.1, 0.15) is 40.7 Å². The molecule has 1 aliphatic heterocycles. The number of rotatable bonds is 6. The van der Waals surface area contributed by atoms with Crippen LogP contribution in [0.4, 0.5) is 0 Å². The Morgan fingerprint density at radius 1 is 1.07 bits per heavy atom. The molecular weight excluding hydrogens is 376 g/mol. The van der Waals surface area contributed by atoms with Gasteiger partial charge in [0.25, 0.3) is 5.91 Å². The van der Waals surface area contributed by atoms with Crippen molar-refractivity contribution < 1.29 is 17.9 Å². The lowest BCUT2D eigenvalue weighted by Gasteiger charge is -2.26. The van der Waals surface area contributed by atoms with Crippen LogP contribution in [0.5, 0.6) is 5.75 Å². The Balaban J connectivity index is 1.75. The minimum atomic E-state index is -3.58. The zero-order valence-corrected chi connectivity index (χ0v) is 17.1. The van der Waals surface area contributed by atoms with Gasteiger partial charge in [-0.05, 0) is 55.2 Å². The molecule has 1 heterocycles. The maximum absolute atomic E-state index is 13.0. The monoisotopic (exact) mass is 402 g/mol. The van der Waals surface area contributed by atoms with Crippen LogP contribution >= 0.6 is 0 Å². The minimum absolute atomic E-state index is 0.214. The zero-order valence-electron chi connectivity index (χ0n) is 16.3. The highest BCUT2D eigenvalue weighted by atomic mass is 32.2. The summed E-state index contributed by atoms with van der Waals surface area (Å²) in [6.45, 7) is 3.19. The molecule has 1 fully saturated rings. The Morgan fingerprint density at radius 2 is 1.75 bits per heavy atom. The second-order valence-corrected chi connectivity index (χ2v) is 8.88. The van der Waals surface area contributed by atoms with Crippen molar-refractivity contribution in [1.82, 2.24) is 9.62 Å². The van der Waals surface area contributed by atoms with Crippen LogP contribution in [-0.4, -0.2) is 38.8 Å². The molecule has 28 heavy (non-hydrogen) atoms. The Morgan fingerprint density at radius 3 is 2.39 bits per heavy atom. The van der Waals surface area contributed by atoms with E-state index in [0.29, 0.717) is 30.8 Å². The van der Waals surface area contributed by atoms with Gasteiger partial charge in [0, 0.05) is 25.2 Å². The van der Waals surface area contributed by atoms with E-state index in [0.717, 1.165) is 30.6 Å². The smallest absolute Gasteiger partial charge is 0.251 e. The van der Waals surface area contributed by atoms with Crippen LogP contribution in [0.3, 0.4) is 0 Å². The van der Waals surface area contributed by atoms with Crippen LogP contribution < -0.4 is 10.1 Å². The average molecular weight is 403 g/mol. The number of sulfonamides is 1. The second-order valence-electron chi connectivity index (χ2n) is 6.98. The topological polar surface area (TPSA) is 75.7 Å². The van der Waals surface area contributed by atoms with E-state index in [4.69, 9.17) is 4.74 Å². The van der Waals surface area contributed by atoms with Gasteiger partial charge in [-0.15, -0.1) is 0 Å². The van der Waals surface area contributed by atoms with Gasteiger partial charge in [-0.2, -0.15) is 4.31 Å². The summed E-state index contributed by atoms with van der Waals surface area (Å²) in [6, 6.07) is 12.3. The fraction of sp³-hybridized carbons (Fsp3) is 0.381. The number of methoxy groups -OCH3 is 1. The molecule has 0 spiro atoms. The Hall–Kier alpha value is -2.38. The van der Waals surface area contributed by atoms with Crippen molar-refractivity contribution in [1.29, 1.82) is 0 Å². The number of benzene rings is 2. The van der Waals surface area contributed by atoms with Crippen LogP contribution in [0.2, 0.25) is 0 Å². The molecule has 1 amide bonds. The largest absolute Gasteiger partial charge is 0.497 e. The molecule has 3 rings (SSSR count). The summed E-state index contributed by atoms with van der Waals surface area (Å²) in [6.07, 6.45) is 2.80. The Bertz CT molecular complexity index is 933. The molecule has 0 radical (unpaired) electrons. The molecule has 0 saturated carbocycles. The number of hydrogen-bond acceptors (Lipinski definition) is 4. The molecule has 1 saturated heterocycles. The molecule has 1 aliphatic rings. The van der Waals surface area contributed by atoms with E-state index in [1.807, 2.05) is 24.3 Å². The van der Waals surface area contributed by atoms with Crippen molar-refractivity contribution in [2.45, 2.75) is 37.6 Å². The van der Waals surface area contributed by atoms with E-state index in [1.165, 1.54) is 10.4 Å². The number of nitrogens with zero attached hydrogens (tertiary/aromatic N) is 1. The summed E-state index contributed by atoms with van der Waals surface area (Å²) in [5.41, 5.74) is 1.93. The summed E-state index contributed by atoms with van der Waals surface area (Å²) < 4.78 is 32.7. The van der Waals surface area contributed by atoms with Crippen LogP contribution in [0.15, 0.2) is 47.4 Å². The number of ether oxygens (including phenoxy) is 1. The summed E-state index contributed by atoms with van der Waals surface area (Å²) in [5.74, 6) is 0.451. The quantitative estimate of drug-likeness (QED) is 0.806. The van der Waals surface area contributed by atoms with Crippen LogP contribution in [-0.2, 0) is 16.6 Å². The van der Waals surface area contributed by atoms with Crippen LogP contribution in [0.25, 0.3) is 0 Å². The number of hydrogen-bond donors (Lipinski definition) is 1. The number of aryl methyl sites for hydroxylation is 1. The average Bonchev–Trinajstić information content (AvgIpc) is 2.73. The van der Waals surface area contributed by atoms with Gasteiger partial charge in [-0.25, -0.2) is 8.42 Å².